The standard InChI is InChI=1S/C21H20F2O4/c22-15-10-16(23)12-17(11-15)27-21(25)19-9-5-4-8-18(19)20(24)26-13-14-6-2-1-3-7-14/h4-5,8-12,14H,1-3,6-7,13H2. The average molecular weight is 374 g/mol. The fraction of sp³-hybridized carbons (Fsp3) is 0.333. The molecule has 0 aliphatic heterocycles. The minimum absolute atomic E-state index is 0.0178. The summed E-state index contributed by atoms with van der Waals surface area (Å²) in [6.07, 6.45) is 5.54. The Labute approximate surface area is 156 Å². The van der Waals surface area contributed by atoms with E-state index < -0.39 is 23.6 Å². The van der Waals surface area contributed by atoms with Gasteiger partial charge in [0.25, 0.3) is 0 Å². The SMILES string of the molecule is O=C(OCC1CCCCC1)c1ccccc1C(=O)Oc1cc(F)cc(F)c1. The van der Waals surface area contributed by atoms with Crippen LogP contribution in [0.4, 0.5) is 8.78 Å². The van der Waals surface area contributed by atoms with Crippen LogP contribution >= 0.6 is 0 Å². The van der Waals surface area contributed by atoms with Gasteiger partial charge in [-0.15, -0.1) is 0 Å². The molecule has 142 valence electrons. The highest BCUT2D eigenvalue weighted by atomic mass is 19.1. The Bertz CT molecular complexity index is 808. The minimum Gasteiger partial charge on any atom is -0.462 e. The molecule has 27 heavy (non-hydrogen) atoms. The Morgan fingerprint density at radius 2 is 1.48 bits per heavy atom. The van der Waals surface area contributed by atoms with Crippen LogP contribution in [0.1, 0.15) is 52.8 Å². The molecule has 0 aromatic heterocycles. The molecule has 0 spiro atoms. The second kappa shape index (κ2) is 8.75. The van der Waals surface area contributed by atoms with Crippen LogP contribution in [0.2, 0.25) is 0 Å². The van der Waals surface area contributed by atoms with E-state index in [1.807, 2.05) is 0 Å². The lowest BCUT2D eigenvalue weighted by atomic mass is 9.90. The van der Waals surface area contributed by atoms with Gasteiger partial charge in [-0.05, 0) is 30.9 Å². The fourth-order valence-corrected chi connectivity index (χ4v) is 3.21. The molecular formula is C21H20F2O4. The van der Waals surface area contributed by atoms with E-state index in [2.05, 4.69) is 0 Å². The van der Waals surface area contributed by atoms with E-state index in [-0.39, 0.29) is 16.9 Å². The Hall–Kier alpha value is -2.76. The van der Waals surface area contributed by atoms with Crippen LogP contribution in [-0.4, -0.2) is 18.5 Å². The summed E-state index contributed by atoms with van der Waals surface area (Å²) in [5, 5.41) is 0. The van der Waals surface area contributed by atoms with Gasteiger partial charge < -0.3 is 9.47 Å². The van der Waals surface area contributed by atoms with Crippen molar-refractivity contribution in [1.82, 2.24) is 0 Å². The molecule has 0 radical (unpaired) electrons. The monoisotopic (exact) mass is 374 g/mol. The molecule has 0 saturated heterocycles. The van der Waals surface area contributed by atoms with Gasteiger partial charge in [-0.3, -0.25) is 0 Å². The maximum absolute atomic E-state index is 13.3. The molecule has 0 unspecified atom stereocenters. The number of rotatable bonds is 5. The Morgan fingerprint density at radius 3 is 2.11 bits per heavy atom. The summed E-state index contributed by atoms with van der Waals surface area (Å²) in [5.74, 6) is -3.15. The van der Waals surface area contributed by atoms with Crippen molar-refractivity contribution < 1.29 is 27.8 Å². The van der Waals surface area contributed by atoms with Crippen LogP contribution < -0.4 is 4.74 Å². The van der Waals surface area contributed by atoms with Gasteiger partial charge in [-0.2, -0.15) is 0 Å². The zero-order valence-corrected chi connectivity index (χ0v) is 14.8. The minimum atomic E-state index is -0.884. The van der Waals surface area contributed by atoms with Crippen molar-refractivity contribution in [2.24, 2.45) is 5.92 Å². The summed E-state index contributed by atoms with van der Waals surface area (Å²) >= 11 is 0. The third kappa shape index (κ3) is 5.12. The van der Waals surface area contributed by atoms with Gasteiger partial charge in [0.05, 0.1) is 17.7 Å². The molecule has 0 amide bonds. The third-order valence-corrected chi connectivity index (χ3v) is 4.59. The number of hydrogen-bond donors (Lipinski definition) is 0. The summed E-state index contributed by atoms with van der Waals surface area (Å²) < 4.78 is 36.9. The molecule has 0 atom stereocenters. The number of hydrogen-bond acceptors (Lipinski definition) is 4. The van der Waals surface area contributed by atoms with Crippen molar-refractivity contribution in [3.05, 3.63) is 65.2 Å². The fourth-order valence-electron chi connectivity index (χ4n) is 3.21. The molecule has 4 nitrogen and oxygen atoms in total. The molecule has 3 rings (SSSR count). The molecule has 2 aromatic rings. The molecule has 2 aromatic carbocycles. The van der Waals surface area contributed by atoms with Crippen molar-refractivity contribution in [2.45, 2.75) is 32.1 Å². The largest absolute Gasteiger partial charge is 0.462 e. The first-order chi connectivity index (χ1) is 13.0. The van der Waals surface area contributed by atoms with Gasteiger partial charge in [0.15, 0.2) is 0 Å². The van der Waals surface area contributed by atoms with Gasteiger partial charge in [-0.25, -0.2) is 18.4 Å². The Balaban J connectivity index is 1.70. The van der Waals surface area contributed by atoms with Crippen LogP contribution in [-0.2, 0) is 4.74 Å². The molecular weight excluding hydrogens is 354 g/mol. The molecule has 1 fully saturated rings. The predicted octanol–water partition coefficient (Wildman–Crippen LogP) is 4.92. The lowest BCUT2D eigenvalue weighted by molar-refractivity contribution is 0.0404. The van der Waals surface area contributed by atoms with E-state index in [1.54, 1.807) is 12.1 Å². The van der Waals surface area contributed by atoms with E-state index in [0.717, 1.165) is 37.8 Å². The second-order valence-corrected chi connectivity index (χ2v) is 6.64. The first-order valence-electron chi connectivity index (χ1n) is 8.97. The number of ether oxygens (including phenoxy) is 2. The first-order valence-corrected chi connectivity index (χ1v) is 8.97. The van der Waals surface area contributed by atoms with Crippen LogP contribution in [0, 0.1) is 17.6 Å². The summed E-state index contributed by atoms with van der Waals surface area (Å²) in [7, 11) is 0. The number of carbonyl (C=O) groups is 2. The summed E-state index contributed by atoms with van der Waals surface area (Å²) in [5.41, 5.74) is 0.0472. The average Bonchev–Trinajstić information content (AvgIpc) is 2.66. The van der Waals surface area contributed by atoms with Crippen molar-refractivity contribution in [1.29, 1.82) is 0 Å². The van der Waals surface area contributed by atoms with Crippen LogP contribution in [0.3, 0.4) is 0 Å². The molecule has 1 aliphatic rings. The highest BCUT2D eigenvalue weighted by Crippen LogP contribution is 2.24. The highest BCUT2D eigenvalue weighted by Gasteiger charge is 2.22. The zero-order valence-electron chi connectivity index (χ0n) is 14.8. The second-order valence-electron chi connectivity index (χ2n) is 6.64. The summed E-state index contributed by atoms with van der Waals surface area (Å²) in [6.45, 7) is 0.317. The van der Waals surface area contributed by atoms with Crippen molar-refractivity contribution in [3.8, 4) is 5.75 Å². The van der Waals surface area contributed by atoms with E-state index in [9.17, 15) is 18.4 Å². The summed E-state index contributed by atoms with van der Waals surface area (Å²) in [4.78, 5) is 24.8. The maximum Gasteiger partial charge on any atom is 0.344 e. The molecule has 1 saturated carbocycles. The lowest BCUT2D eigenvalue weighted by Crippen LogP contribution is -2.19. The predicted molar refractivity (Wildman–Crippen MR) is 94.6 cm³/mol. The quantitative estimate of drug-likeness (QED) is 0.551. The van der Waals surface area contributed by atoms with Gasteiger partial charge in [0, 0.05) is 18.2 Å². The van der Waals surface area contributed by atoms with E-state index in [1.165, 1.54) is 18.6 Å². The topological polar surface area (TPSA) is 52.6 Å². The number of esters is 2. The number of halogens is 2. The van der Waals surface area contributed by atoms with Crippen LogP contribution in [0.25, 0.3) is 0 Å². The van der Waals surface area contributed by atoms with Crippen molar-refractivity contribution in [2.75, 3.05) is 6.61 Å². The smallest absolute Gasteiger partial charge is 0.344 e. The molecule has 0 N–H and O–H groups in total. The summed E-state index contributed by atoms with van der Waals surface area (Å²) in [6, 6.07) is 8.52. The van der Waals surface area contributed by atoms with Crippen molar-refractivity contribution >= 4 is 11.9 Å². The number of benzene rings is 2. The zero-order chi connectivity index (χ0) is 19.2. The van der Waals surface area contributed by atoms with E-state index >= 15 is 0 Å². The normalized spacial score (nSPS) is 14.6. The van der Waals surface area contributed by atoms with Crippen LogP contribution in [0.15, 0.2) is 42.5 Å². The van der Waals surface area contributed by atoms with E-state index in [4.69, 9.17) is 9.47 Å². The number of carbonyl (C=O) groups excluding carboxylic acids is 2. The lowest BCUT2D eigenvalue weighted by Gasteiger charge is -2.21. The van der Waals surface area contributed by atoms with Crippen LogP contribution in [0.5, 0.6) is 5.75 Å². The molecule has 1 aliphatic carbocycles. The van der Waals surface area contributed by atoms with Gasteiger partial charge >= 0.3 is 11.9 Å². The molecule has 0 bridgehead atoms. The van der Waals surface area contributed by atoms with Gasteiger partial charge in [0.1, 0.15) is 17.4 Å². The molecule has 6 heteroatoms. The van der Waals surface area contributed by atoms with Crippen molar-refractivity contribution in [3.63, 3.8) is 0 Å². The Kier molecular flexibility index (Phi) is 6.16. The first kappa shape index (κ1) is 19.0. The van der Waals surface area contributed by atoms with Gasteiger partial charge in [0.2, 0.25) is 0 Å². The van der Waals surface area contributed by atoms with Gasteiger partial charge in [-0.1, -0.05) is 31.4 Å². The maximum atomic E-state index is 13.3. The Morgan fingerprint density at radius 1 is 0.889 bits per heavy atom. The van der Waals surface area contributed by atoms with E-state index in [0.29, 0.717) is 18.6 Å². The molecule has 0 heterocycles. The third-order valence-electron chi connectivity index (χ3n) is 4.59. The highest BCUT2D eigenvalue weighted by molar-refractivity contribution is 6.03.